The molecular formula is C11H8BrN3O. The van der Waals surface area contributed by atoms with Crippen LogP contribution in [0.1, 0.15) is 16.1 Å². The zero-order valence-electron chi connectivity index (χ0n) is 8.22. The van der Waals surface area contributed by atoms with Gasteiger partial charge in [-0.2, -0.15) is 0 Å². The highest BCUT2D eigenvalue weighted by Crippen LogP contribution is 2.20. The van der Waals surface area contributed by atoms with Gasteiger partial charge in [0.05, 0.1) is 0 Å². The molecule has 2 aromatic rings. The molecule has 0 aliphatic carbocycles. The second-order valence-corrected chi connectivity index (χ2v) is 3.95. The molecule has 0 aliphatic heterocycles. The molecule has 4 nitrogen and oxygen atoms in total. The van der Waals surface area contributed by atoms with Crippen LogP contribution in [0.15, 0.2) is 41.1 Å². The van der Waals surface area contributed by atoms with E-state index < -0.39 is 0 Å². The average molecular weight is 278 g/mol. The lowest BCUT2D eigenvalue weighted by atomic mass is 10.1. The second-order valence-electron chi connectivity index (χ2n) is 3.10. The predicted octanol–water partition coefficient (Wildman–Crippen LogP) is 2.05. The summed E-state index contributed by atoms with van der Waals surface area (Å²) in [7, 11) is 0. The van der Waals surface area contributed by atoms with Gasteiger partial charge in [-0.25, -0.2) is 9.97 Å². The smallest absolute Gasteiger partial charge is 0.216 e. The maximum atomic E-state index is 12.1. The number of anilines is 1. The number of halogens is 1. The third kappa shape index (κ3) is 1.94. The van der Waals surface area contributed by atoms with Crippen LogP contribution in [0.4, 0.5) is 5.82 Å². The van der Waals surface area contributed by atoms with Gasteiger partial charge in [0.1, 0.15) is 0 Å². The Kier molecular flexibility index (Phi) is 2.96. The highest BCUT2D eigenvalue weighted by atomic mass is 79.9. The molecule has 1 heterocycles. The fraction of sp³-hybridized carbons (Fsp3) is 0. The molecule has 0 radical (unpaired) electrons. The van der Waals surface area contributed by atoms with Crippen molar-refractivity contribution in [3.8, 4) is 0 Å². The van der Waals surface area contributed by atoms with E-state index in [4.69, 9.17) is 5.73 Å². The number of ketones is 1. The first-order chi connectivity index (χ1) is 7.70. The quantitative estimate of drug-likeness (QED) is 0.853. The first-order valence-electron chi connectivity index (χ1n) is 4.56. The molecule has 0 bridgehead atoms. The molecule has 2 N–H and O–H groups in total. The lowest BCUT2D eigenvalue weighted by Crippen LogP contribution is -2.09. The number of nitrogen functional groups attached to an aromatic ring is 1. The number of nitrogens with zero attached hydrogens (tertiary/aromatic N) is 2. The number of benzene rings is 1. The summed E-state index contributed by atoms with van der Waals surface area (Å²) in [6.45, 7) is 0. The van der Waals surface area contributed by atoms with E-state index in [1.807, 2.05) is 6.07 Å². The van der Waals surface area contributed by atoms with Gasteiger partial charge in [-0.15, -0.1) is 0 Å². The van der Waals surface area contributed by atoms with Crippen LogP contribution in [0.5, 0.6) is 0 Å². The van der Waals surface area contributed by atoms with E-state index >= 15 is 0 Å². The molecule has 0 saturated heterocycles. The zero-order chi connectivity index (χ0) is 11.5. The maximum absolute atomic E-state index is 12.1. The summed E-state index contributed by atoms with van der Waals surface area (Å²) in [6, 6.07) is 7.12. The Hall–Kier alpha value is -1.75. The molecule has 0 aliphatic rings. The van der Waals surface area contributed by atoms with E-state index in [9.17, 15) is 4.79 Å². The molecule has 0 unspecified atom stereocenters. The topological polar surface area (TPSA) is 68.9 Å². The van der Waals surface area contributed by atoms with E-state index in [0.717, 1.165) is 0 Å². The molecule has 0 atom stereocenters. The van der Waals surface area contributed by atoms with Crippen LogP contribution in [-0.2, 0) is 0 Å². The number of hydrogen-bond acceptors (Lipinski definition) is 4. The summed E-state index contributed by atoms with van der Waals surface area (Å²) in [5, 5.41) is 0. The Morgan fingerprint density at radius 3 is 2.56 bits per heavy atom. The minimum absolute atomic E-state index is 0.142. The fourth-order valence-corrected chi connectivity index (χ4v) is 1.76. The summed E-state index contributed by atoms with van der Waals surface area (Å²) in [5.41, 5.74) is 6.30. The third-order valence-corrected chi connectivity index (χ3v) is 2.75. The Morgan fingerprint density at radius 1 is 1.19 bits per heavy atom. The summed E-state index contributed by atoms with van der Waals surface area (Å²) in [6.07, 6.45) is 2.90. The first kappa shape index (κ1) is 10.8. The minimum atomic E-state index is -0.238. The molecule has 1 aromatic carbocycles. The number of aromatic nitrogens is 2. The fourth-order valence-electron chi connectivity index (χ4n) is 1.30. The van der Waals surface area contributed by atoms with Gasteiger partial charge in [0.2, 0.25) is 5.78 Å². The van der Waals surface area contributed by atoms with Crippen molar-refractivity contribution >= 4 is 27.5 Å². The monoisotopic (exact) mass is 277 g/mol. The predicted molar refractivity (Wildman–Crippen MR) is 64.0 cm³/mol. The van der Waals surface area contributed by atoms with Crippen LogP contribution in [0.3, 0.4) is 0 Å². The number of carbonyl (C=O) groups excluding carboxylic acids is 1. The number of rotatable bonds is 2. The third-order valence-electron chi connectivity index (χ3n) is 2.06. The molecule has 5 heteroatoms. The number of hydrogen-bond donors (Lipinski definition) is 1. The molecule has 2 rings (SSSR count). The van der Waals surface area contributed by atoms with Gasteiger partial charge >= 0.3 is 0 Å². The zero-order valence-corrected chi connectivity index (χ0v) is 9.81. The summed E-state index contributed by atoms with van der Waals surface area (Å²) < 4.78 is 0.713. The van der Waals surface area contributed by atoms with E-state index in [0.29, 0.717) is 10.0 Å². The van der Waals surface area contributed by atoms with Gasteiger partial charge in [0.15, 0.2) is 11.5 Å². The SMILES string of the molecule is Nc1nccnc1C(=O)c1ccccc1Br. The van der Waals surface area contributed by atoms with E-state index in [1.165, 1.54) is 12.4 Å². The van der Waals surface area contributed by atoms with Crippen LogP contribution in [0.25, 0.3) is 0 Å². The Labute approximate surface area is 101 Å². The van der Waals surface area contributed by atoms with Crippen molar-refractivity contribution in [1.29, 1.82) is 0 Å². The molecule has 0 fully saturated rings. The Balaban J connectivity index is 2.48. The second kappa shape index (κ2) is 4.40. The van der Waals surface area contributed by atoms with Gasteiger partial charge in [-0.3, -0.25) is 4.79 Å². The van der Waals surface area contributed by atoms with Crippen LogP contribution in [0.2, 0.25) is 0 Å². The average Bonchev–Trinajstić information content (AvgIpc) is 2.29. The van der Waals surface area contributed by atoms with Crippen molar-refractivity contribution in [3.05, 3.63) is 52.4 Å². The molecule has 0 spiro atoms. The molecule has 16 heavy (non-hydrogen) atoms. The molecule has 1 aromatic heterocycles. The summed E-state index contributed by atoms with van der Waals surface area (Å²) in [4.78, 5) is 19.8. The highest BCUT2D eigenvalue weighted by molar-refractivity contribution is 9.10. The van der Waals surface area contributed by atoms with Gasteiger partial charge < -0.3 is 5.73 Å². The number of nitrogens with two attached hydrogens (primary N) is 1. The standard InChI is InChI=1S/C11H8BrN3O/c12-8-4-2-1-3-7(8)10(16)9-11(13)15-6-5-14-9/h1-6H,(H2,13,15). The van der Waals surface area contributed by atoms with E-state index in [2.05, 4.69) is 25.9 Å². The van der Waals surface area contributed by atoms with E-state index in [-0.39, 0.29) is 17.3 Å². The molecular weight excluding hydrogens is 270 g/mol. The lowest BCUT2D eigenvalue weighted by molar-refractivity contribution is 0.103. The van der Waals surface area contributed by atoms with Gasteiger partial charge in [-0.1, -0.05) is 28.1 Å². The van der Waals surface area contributed by atoms with Crippen molar-refractivity contribution in [1.82, 2.24) is 9.97 Å². The largest absolute Gasteiger partial charge is 0.382 e. The van der Waals surface area contributed by atoms with Crippen molar-refractivity contribution in [3.63, 3.8) is 0 Å². The minimum Gasteiger partial charge on any atom is -0.382 e. The van der Waals surface area contributed by atoms with Gasteiger partial charge in [-0.05, 0) is 12.1 Å². The molecule has 0 saturated carbocycles. The van der Waals surface area contributed by atoms with Crippen LogP contribution < -0.4 is 5.73 Å². The Bertz CT molecular complexity index is 495. The van der Waals surface area contributed by atoms with Crippen LogP contribution in [0, 0.1) is 0 Å². The van der Waals surface area contributed by atoms with Gasteiger partial charge in [0, 0.05) is 22.4 Å². The number of carbonyl (C=O) groups is 1. The first-order valence-corrected chi connectivity index (χ1v) is 5.35. The summed E-state index contributed by atoms with van der Waals surface area (Å²) >= 11 is 3.31. The van der Waals surface area contributed by atoms with Crippen LogP contribution >= 0.6 is 15.9 Å². The highest BCUT2D eigenvalue weighted by Gasteiger charge is 2.16. The van der Waals surface area contributed by atoms with E-state index in [1.54, 1.807) is 18.2 Å². The van der Waals surface area contributed by atoms with Crippen molar-refractivity contribution in [2.45, 2.75) is 0 Å². The van der Waals surface area contributed by atoms with Crippen LogP contribution in [-0.4, -0.2) is 15.8 Å². The van der Waals surface area contributed by atoms with Gasteiger partial charge in [0.25, 0.3) is 0 Å². The lowest BCUT2D eigenvalue weighted by Gasteiger charge is -2.04. The summed E-state index contributed by atoms with van der Waals surface area (Å²) in [5.74, 6) is -0.0960. The van der Waals surface area contributed by atoms with Crippen molar-refractivity contribution < 1.29 is 4.79 Å². The Morgan fingerprint density at radius 2 is 1.88 bits per heavy atom. The van der Waals surface area contributed by atoms with Crippen molar-refractivity contribution in [2.75, 3.05) is 5.73 Å². The molecule has 80 valence electrons. The maximum Gasteiger partial charge on any atom is 0.216 e. The normalized spacial score (nSPS) is 10.1. The van der Waals surface area contributed by atoms with Crippen molar-refractivity contribution in [2.24, 2.45) is 0 Å². The molecule has 0 amide bonds.